The summed E-state index contributed by atoms with van der Waals surface area (Å²) in [7, 11) is 2.79. The van der Waals surface area contributed by atoms with Gasteiger partial charge in [-0.15, -0.1) is 15.8 Å². The molecule has 1 unspecified atom stereocenters. The highest BCUT2D eigenvalue weighted by Crippen LogP contribution is 2.01. The minimum absolute atomic E-state index is 1.05. The Labute approximate surface area is 77.8 Å². The molecule has 0 spiro atoms. The van der Waals surface area contributed by atoms with E-state index in [0.717, 1.165) is 6.54 Å². The van der Waals surface area contributed by atoms with Crippen LogP contribution in [0.3, 0.4) is 0 Å². The minimum Gasteiger partial charge on any atom is -0.300 e. The van der Waals surface area contributed by atoms with Gasteiger partial charge in [-0.2, -0.15) is 0 Å². The third kappa shape index (κ3) is 3.22. The van der Waals surface area contributed by atoms with Gasteiger partial charge in [0, 0.05) is 39.3 Å². The van der Waals surface area contributed by atoms with Crippen molar-refractivity contribution < 1.29 is 0 Å². The van der Waals surface area contributed by atoms with Crippen molar-refractivity contribution in [1.29, 1.82) is 0 Å². The van der Waals surface area contributed by atoms with E-state index in [1.807, 2.05) is 6.08 Å². The van der Waals surface area contributed by atoms with Crippen molar-refractivity contribution in [2.24, 2.45) is 0 Å². The first-order valence-corrected chi connectivity index (χ1v) is 5.44. The van der Waals surface area contributed by atoms with Crippen molar-refractivity contribution in [3.8, 4) is 0 Å². The summed E-state index contributed by atoms with van der Waals surface area (Å²) in [5.74, 6) is 0. The molecule has 0 aromatic carbocycles. The molecule has 1 aliphatic rings. The molecule has 0 aromatic heterocycles. The first kappa shape index (κ1) is 10.2. The van der Waals surface area contributed by atoms with E-state index >= 15 is 0 Å². The quantitative estimate of drug-likeness (QED) is 0.470. The number of nitrogens with zero attached hydrogens (tertiary/aromatic N) is 2. The van der Waals surface area contributed by atoms with Crippen molar-refractivity contribution in [2.75, 3.05) is 45.4 Å². The molecule has 0 amide bonds. The second-order valence-electron chi connectivity index (χ2n) is 3.22. The van der Waals surface area contributed by atoms with Crippen molar-refractivity contribution >= 4 is 9.24 Å². The van der Waals surface area contributed by atoms with Crippen molar-refractivity contribution in [3.63, 3.8) is 0 Å². The third-order valence-corrected chi connectivity index (χ3v) is 2.56. The van der Waals surface area contributed by atoms with Crippen LogP contribution in [0.4, 0.5) is 0 Å². The molecular formula is C9H19N2P. The van der Waals surface area contributed by atoms with Crippen molar-refractivity contribution in [1.82, 2.24) is 9.80 Å². The highest BCUT2D eigenvalue weighted by Gasteiger charge is 2.13. The summed E-state index contributed by atoms with van der Waals surface area (Å²) < 4.78 is 0. The molecular weight excluding hydrogens is 167 g/mol. The molecule has 1 saturated heterocycles. The molecule has 70 valence electrons. The number of hydrogen-bond acceptors (Lipinski definition) is 2. The van der Waals surface area contributed by atoms with Crippen LogP contribution in [0.1, 0.15) is 0 Å². The summed E-state index contributed by atoms with van der Waals surface area (Å²) in [5.41, 5.74) is 0. The zero-order valence-electron chi connectivity index (χ0n) is 7.71. The largest absolute Gasteiger partial charge is 0.300 e. The lowest BCUT2D eigenvalue weighted by Gasteiger charge is -2.33. The van der Waals surface area contributed by atoms with Crippen LogP contribution >= 0.6 is 9.24 Å². The maximum Gasteiger partial charge on any atom is 0.0161 e. The molecule has 0 aromatic rings. The van der Waals surface area contributed by atoms with E-state index in [9.17, 15) is 0 Å². The Morgan fingerprint density at radius 2 is 1.75 bits per heavy atom. The Morgan fingerprint density at radius 1 is 1.17 bits per heavy atom. The van der Waals surface area contributed by atoms with Gasteiger partial charge in [-0.25, -0.2) is 0 Å². The van der Waals surface area contributed by atoms with E-state index in [-0.39, 0.29) is 0 Å². The second-order valence-corrected chi connectivity index (χ2v) is 3.80. The second kappa shape index (κ2) is 5.69. The normalized spacial score (nSPS) is 21.1. The first-order chi connectivity index (χ1) is 5.86. The average Bonchev–Trinajstić information content (AvgIpc) is 2.09. The fourth-order valence-corrected chi connectivity index (χ4v) is 1.93. The van der Waals surface area contributed by atoms with Gasteiger partial charge in [0.2, 0.25) is 0 Å². The lowest BCUT2D eigenvalue weighted by Crippen LogP contribution is -2.46. The van der Waals surface area contributed by atoms with Gasteiger partial charge < -0.3 is 4.90 Å². The van der Waals surface area contributed by atoms with Gasteiger partial charge in [0.15, 0.2) is 0 Å². The van der Waals surface area contributed by atoms with Gasteiger partial charge in [0.1, 0.15) is 0 Å². The summed E-state index contributed by atoms with van der Waals surface area (Å²) >= 11 is 0. The molecule has 0 N–H and O–H groups in total. The van der Waals surface area contributed by atoms with Gasteiger partial charge in [-0.3, -0.25) is 4.90 Å². The van der Waals surface area contributed by atoms with Gasteiger partial charge in [0.05, 0.1) is 0 Å². The summed E-state index contributed by atoms with van der Waals surface area (Å²) in [5, 5.41) is 0. The molecule has 1 heterocycles. The zero-order valence-corrected chi connectivity index (χ0v) is 8.86. The van der Waals surface area contributed by atoms with Gasteiger partial charge in [0.25, 0.3) is 0 Å². The predicted molar refractivity (Wildman–Crippen MR) is 57.7 cm³/mol. The van der Waals surface area contributed by atoms with E-state index < -0.39 is 0 Å². The number of hydrogen-bond donors (Lipinski definition) is 0. The lowest BCUT2D eigenvalue weighted by molar-refractivity contribution is 0.149. The minimum atomic E-state index is 1.05. The van der Waals surface area contributed by atoms with Crippen molar-refractivity contribution in [3.05, 3.63) is 12.7 Å². The van der Waals surface area contributed by atoms with E-state index in [1.165, 1.54) is 38.9 Å². The van der Waals surface area contributed by atoms with E-state index in [2.05, 4.69) is 25.6 Å². The predicted octanol–water partition coefficient (Wildman–Crippen LogP) is 0.665. The molecule has 12 heavy (non-hydrogen) atoms. The van der Waals surface area contributed by atoms with E-state index in [1.54, 1.807) is 0 Å². The molecule has 0 aliphatic carbocycles. The lowest BCUT2D eigenvalue weighted by atomic mass is 10.3. The van der Waals surface area contributed by atoms with E-state index in [4.69, 9.17) is 0 Å². The Morgan fingerprint density at radius 3 is 2.25 bits per heavy atom. The number of rotatable bonds is 4. The summed E-state index contributed by atoms with van der Waals surface area (Å²) in [6.45, 7) is 10.9. The Hall–Kier alpha value is 0.0900. The highest BCUT2D eigenvalue weighted by molar-refractivity contribution is 7.16. The fraction of sp³-hybridized carbons (Fsp3) is 0.778. The van der Waals surface area contributed by atoms with Crippen LogP contribution in [-0.4, -0.2) is 55.2 Å². The average molecular weight is 186 g/mol. The summed E-state index contributed by atoms with van der Waals surface area (Å²) in [4.78, 5) is 4.97. The standard InChI is InChI=1S/C9H19N2P/c1-2-3-10-4-6-11(7-5-10)8-9-12/h2H,1,3-9,12H2. The molecule has 1 fully saturated rings. The van der Waals surface area contributed by atoms with Crippen LogP contribution in [-0.2, 0) is 0 Å². The Bertz CT molecular complexity index is 130. The molecule has 2 nitrogen and oxygen atoms in total. The smallest absolute Gasteiger partial charge is 0.0161 e. The number of piperazine rings is 1. The summed E-state index contributed by atoms with van der Waals surface area (Å²) in [6, 6.07) is 0. The van der Waals surface area contributed by atoms with Crippen LogP contribution in [0, 0.1) is 0 Å². The molecule has 0 saturated carbocycles. The van der Waals surface area contributed by atoms with Gasteiger partial charge >= 0.3 is 0 Å². The molecule has 0 bridgehead atoms. The van der Waals surface area contributed by atoms with E-state index in [0.29, 0.717) is 0 Å². The summed E-state index contributed by atoms with van der Waals surface area (Å²) in [6.07, 6.45) is 3.19. The maximum absolute atomic E-state index is 3.75. The SMILES string of the molecule is C=CCN1CCN(CCP)CC1. The molecule has 0 radical (unpaired) electrons. The molecule has 1 rings (SSSR count). The third-order valence-electron chi connectivity index (χ3n) is 2.30. The fourth-order valence-electron chi connectivity index (χ4n) is 1.56. The molecule has 3 heteroatoms. The Kier molecular flexibility index (Phi) is 4.82. The zero-order chi connectivity index (χ0) is 8.81. The van der Waals surface area contributed by atoms with Gasteiger partial charge in [-0.05, 0) is 6.16 Å². The van der Waals surface area contributed by atoms with Gasteiger partial charge in [-0.1, -0.05) is 6.08 Å². The van der Waals surface area contributed by atoms with Crippen LogP contribution in [0.2, 0.25) is 0 Å². The maximum atomic E-state index is 3.75. The van der Waals surface area contributed by atoms with Crippen molar-refractivity contribution in [2.45, 2.75) is 0 Å². The van der Waals surface area contributed by atoms with Crippen LogP contribution in [0.5, 0.6) is 0 Å². The molecule has 1 atom stereocenters. The topological polar surface area (TPSA) is 6.48 Å². The first-order valence-electron chi connectivity index (χ1n) is 4.62. The van der Waals surface area contributed by atoms with Crippen LogP contribution in [0.25, 0.3) is 0 Å². The molecule has 1 aliphatic heterocycles. The van der Waals surface area contributed by atoms with Crippen LogP contribution in [0.15, 0.2) is 12.7 Å². The highest BCUT2D eigenvalue weighted by atomic mass is 31.0. The Balaban J connectivity index is 2.15. The van der Waals surface area contributed by atoms with Crippen LogP contribution < -0.4 is 0 Å². The monoisotopic (exact) mass is 186 g/mol.